The van der Waals surface area contributed by atoms with E-state index in [2.05, 4.69) is 24.5 Å². The third kappa shape index (κ3) is 6.97. The van der Waals surface area contributed by atoms with Gasteiger partial charge in [0.05, 0.1) is 24.9 Å². The fourth-order valence-electron chi connectivity index (χ4n) is 1.82. The molecule has 0 atom stereocenters. The molecule has 0 aliphatic rings. The maximum absolute atomic E-state index is 11.9. The summed E-state index contributed by atoms with van der Waals surface area (Å²) >= 11 is 6.02. The van der Waals surface area contributed by atoms with Crippen molar-refractivity contribution in [2.24, 2.45) is 5.92 Å². The normalized spacial score (nSPS) is 10.5. The Morgan fingerprint density at radius 2 is 1.91 bits per heavy atom. The second-order valence-electron chi connectivity index (χ2n) is 5.39. The highest BCUT2D eigenvalue weighted by atomic mass is 35.5. The number of carbonyl (C=O) groups excluding carboxylic acids is 1. The lowest BCUT2D eigenvalue weighted by Gasteiger charge is -2.14. The molecule has 2 amide bonds. The number of benzene rings is 1. The lowest BCUT2D eigenvalue weighted by atomic mass is 10.2. The number of methoxy groups -OCH3 is 2. The highest BCUT2D eigenvalue weighted by Crippen LogP contribution is 2.35. The minimum atomic E-state index is -0.323. The minimum absolute atomic E-state index is 0.323. The molecule has 0 bridgehead atoms. The second-order valence-corrected chi connectivity index (χ2v) is 5.80. The van der Waals surface area contributed by atoms with Gasteiger partial charge in [0.15, 0.2) is 0 Å². The van der Waals surface area contributed by atoms with Crippen molar-refractivity contribution in [2.45, 2.75) is 20.3 Å². The summed E-state index contributed by atoms with van der Waals surface area (Å²) in [5.74, 6) is 1.44. The summed E-state index contributed by atoms with van der Waals surface area (Å²) in [4.78, 5) is 11.9. The van der Waals surface area contributed by atoms with Crippen LogP contribution in [0.25, 0.3) is 0 Å². The van der Waals surface area contributed by atoms with Crippen molar-refractivity contribution in [3.8, 4) is 11.5 Å². The average Bonchev–Trinajstić information content (AvgIpc) is 2.51. The molecule has 0 saturated heterocycles. The van der Waals surface area contributed by atoms with Crippen LogP contribution in [0.2, 0.25) is 5.02 Å². The van der Waals surface area contributed by atoms with Crippen LogP contribution in [-0.2, 0) is 4.74 Å². The topological polar surface area (TPSA) is 68.8 Å². The summed E-state index contributed by atoms with van der Waals surface area (Å²) in [6, 6.07) is 2.89. The Labute approximate surface area is 142 Å². The van der Waals surface area contributed by atoms with E-state index in [1.54, 1.807) is 12.1 Å². The molecule has 1 rings (SSSR count). The lowest BCUT2D eigenvalue weighted by molar-refractivity contribution is 0.108. The number of hydrogen-bond donors (Lipinski definition) is 2. The molecule has 0 unspecified atom stereocenters. The van der Waals surface area contributed by atoms with Crippen molar-refractivity contribution in [3.63, 3.8) is 0 Å². The molecule has 0 aromatic heterocycles. The van der Waals surface area contributed by atoms with Crippen LogP contribution in [0.15, 0.2) is 12.1 Å². The molecule has 0 aliphatic heterocycles. The van der Waals surface area contributed by atoms with Crippen LogP contribution in [0.4, 0.5) is 10.5 Å². The minimum Gasteiger partial charge on any atom is -0.495 e. The maximum atomic E-state index is 11.9. The molecular formula is C16H25ClN2O4. The van der Waals surface area contributed by atoms with Crippen LogP contribution in [-0.4, -0.2) is 40.0 Å². The quantitative estimate of drug-likeness (QED) is 0.672. The molecule has 0 fully saturated rings. The van der Waals surface area contributed by atoms with Crippen molar-refractivity contribution >= 4 is 23.3 Å². The number of anilines is 1. The molecule has 0 spiro atoms. The van der Waals surface area contributed by atoms with E-state index in [1.165, 1.54) is 14.2 Å². The van der Waals surface area contributed by atoms with E-state index in [-0.39, 0.29) is 6.03 Å². The van der Waals surface area contributed by atoms with Gasteiger partial charge in [0.25, 0.3) is 0 Å². The van der Waals surface area contributed by atoms with Crippen LogP contribution in [0, 0.1) is 5.92 Å². The van der Waals surface area contributed by atoms with Crippen molar-refractivity contribution in [2.75, 3.05) is 39.3 Å². The van der Waals surface area contributed by atoms with E-state index in [1.807, 2.05) is 0 Å². The van der Waals surface area contributed by atoms with Gasteiger partial charge >= 0.3 is 6.03 Å². The van der Waals surface area contributed by atoms with Gasteiger partial charge in [0.1, 0.15) is 11.5 Å². The molecule has 7 heteroatoms. The number of halogens is 1. The highest BCUT2D eigenvalue weighted by Gasteiger charge is 2.12. The molecule has 0 saturated carbocycles. The number of rotatable bonds is 9. The van der Waals surface area contributed by atoms with Crippen LogP contribution in [0.5, 0.6) is 11.5 Å². The van der Waals surface area contributed by atoms with Crippen molar-refractivity contribution in [3.05, 3.63) is 17.2 Å². The number of carbonyl (C=O) groups is 1. The van der Waals surface area contributed by atoms with Gasteiger partial charge in [-0.1, -0.05) is 25.4 Å². The Hall–Kier alpha value is -1.66. The van der Waals surface area contributed by atoms with Crippen molar-refractivity contribution < 1.29 is 19.0 Å². The molecule has 2 N–H and O–H groups in total. The Morgan fingerprint density at radius 1 is 1.22 bits per heavy atom. The first kappa shape index (κ1) is 19.4. The molecule has 1 aromatic carbocycles. The van der Waals surface area contributed by atoms with E-state index < -0.39 is 0 Å². The molecule has 0 heterocycles. The largest absolute Gasteiger partial charge is 0.495 e. The smallest absolute Gasteiger partial charge is 0.319 e. The van der Waals surface area contributed by atoms with Gasteiger partial charge in [0, 0.05) is 31.9 Å². The third-order valence-corrected chi connectivity index (χ3v) is 3.22. The molecule has 1 aromatic rings. The van der Waals surface area contributed by atoms with Gasteiger partial charge < -0.3 is 24.8 Å². The van der Waals surface area contributed by atoms with E-state index in [4.69, 9.17) is 25.8 Å². The summed E-state index contributed by atoms with van der Waals surface area (Å²) in [6.45, 7) is 6.07. The first-order valence-corrected chi connectivity index (χ1v) is 7.89. The summed E-state index contributed by atoms with van der Waals surface area (Å²) in [5, 5.41) is 5.90. The number of nitrogens with one attached hydrogen (secondary N) is 2. The second kappa shape index (κ2) is 10.2. The Balaban J connectivity index is 2.44. The fraction of sp³-hybridized carbons (Fsp3) is 0.562. The van der Waals surface area contributed by atoms with Gasteiger partial charge in [-0.2, -0.15) is 0 Å². The van der Waals surface area contributed by atoms with Gasteiger partial charge in [-0.25, -0.2) is 4.79 Å². The van der Waals surface area contributed by atoms with Crippen LogP contribution in [0.1, 0.15) is 20.3 Å². The lowest BCUT2D eigenvalue weighted by Crippen LogP contribution is -2.30. The number of urea groups is 1. The number of ether oxygens (including phenoxy) is 3. The van der Waals surface area contributed by atoms with Crippen molar-refractivity contribution in [1.82, 2.24) is 5.32 Å². The monoisotopic (exact) mass is 344 g/mol. The highest BCUT2D eigenvalue weighted by molar-refractivity contribution is 6.32. The number of hydrogen-bond acceptors (Lipinski definition) is 4. The van der Waals surface area contributed by atoms with Gasteiger partial charge in [0.2, 0.25) is 0 Å². The summed E-state index contributed by atoms with van der Waals surface area (Å²) in [7, 11) is 3.02. The predicted octanol–water partition coefficient (Wildman–Crippen LogP) is 3.54. The molecular weight excluding hydrogens is 320 g/mol. The SMILES string of the molecule is COc1cc(NC(=O)NCCCOCC(C)C)c(OC)cc1Cl. The fourth-order valence-corrected chi connectivity index (χ4v) is 2.05. The van der Waals surface area contributed by atoms with E-state index in [0.717, 1.165) is 13.0 Å². The van der Waals surface area contributed by atoms with Crippen LogP contribution in [0.3, 0.4) is 0 Å². The van der Waals surface area contributed by atoms with Crippen LogP contribution >= 0.6 is 11.6 Å². The van der Waals surface area contributed by atoms with Crippen LogP contribution < -0.4 is 20.1 Å². The zero-order valence-electron chi connectivity index (χ0n) is 14.1. The summed E-state index contributed by atoms with van der Waals surface area (Å²) in [5.41, 5.74) is 0.488. The molecule has 0 aliphatic carbocycles. The van der Waals surface area contributed by atoms with E-state index in [9.17, 15) is 4.79 Å². The summed E-state index contributed by atoms with van der Waals surface area (Å²) < 4.78 is 15.8. The zero-order valence-corrected chi connectivity index (χ0v) is 14.8. The van der Waals surface area contributed by atoms with Gasteiger partial charge in [-0.3, -0.25) is 0 Å². The average molecular weight is 345 g/mol. The van der Waals surface area contributed by atoms with Gasteiger partial charge in [-0.05, 0) is 12.3 Å². The Morgan fingerprint density at radius 3 is 2.52 bits per heavy atom. The van der Waals surface area contributed by atoms with Crippen molar-refractivity contribution in [1.29, 1.82) is 0 Å². The first-order valence-electron chi connectivity index (χ1n) is 7.52. The third-order valence-electron chi connectivity index (χ3n) is 2.92. The Bertz CT molecular complexity index is 509. The Kier molecular flexibility index (Phi) is 8.58. The molecule has 23 heavy (non-hydrogen) atoms. The van der Waals surface area contributed by atoms with Gasteiger partial charge in [-0.15, -0.1) is 0 Å². The maximum Gasteiger partial charge on any atom is 0.319 e. The number of amides is 2. The predicted molar refractivity (Wildman–Crippen MR) is 91.9 cm³/mol. The molecule has 130 valence electrons. The van der Waals surface area contributed by atoms with E-state index in [0.29, 0.717) is 41.3 Å². The summed E-state index contributed by atoms with van der Waals surface area (Å²) in [6.07, 6.45) is 0.751. The van der Waals surface area contributed by atoms with E-state index >= 15 is 0 Å². The standard InChI is InChI=1S/C16H25ClN2O4/c1-11(2)10-23-7-5-6-18-16(20)19-13-9-14(21-3)12(17)8-15(13)22-4/h8-9,11H,5-7,10H2,1-4H3,(H2,18,19,20). The first-order chi connectivity index (χ1) is 11.0. The molecule has 6 nitrogen and oxygen atoms in total. The zero-order chi connectivity index (χ0) is 17.2. The molecule has 0 radical (unpaired) electrons.